The summed E-state index contributed by atoms with van der Waals surface area (Å²) in [5.74, 6) is 0.616. The van der Waals surface area contributed by atoms with Crippen LogP contribution in [-0.4, -0.2) is 15.9 Å². The lowest BCUT2D eigenvalue weighted by Crippen LogP contribution is -2.11. The molecule has 4 aromatic rings. The lowest BCUT2D eigenvalue weighted by molar-refractivity contribution is 0.102. The highest BCUT2D eigenvalue weighted by molar-refractivity contribution is 6.04. The maximum Gasteiger partial charge on any atom is 0.255 e. The van der Waals surface area contributed by atoms with Crippen molar-refractivity contribution in [1.82, 2.24) is 9.97 Å². The zero-order valence-electron chi connectivity index (χ0n) is 13.9. The predicted molar refractivity (Wildman–Crippen MR) is 104 cm³/mol. The third-order valence-corrected chi connectivity index (χ3v) is 3.98. The number of para-hydroxylation sites is 1. The third-order valence-electron chi connectivity index (χ3n) is 3.98. The summed E-state index contributed by atoms with van der Waals surface area (Å²) >= 11 is 0. The van der Waals surface area contributed by atoms with Crippen LogP contribution < -0.4 is 10.6 Å². The lowest BCUT2D eigenvalue weighted by atomic mass is 10.2. The fourth-order valence-corrected chi connectivity index (χ4v) is 2.67. The standard InChI is InChI=1S/C21H16N4O/c26-21(15-6-2-1-3-7-15)25-17-12-10-16(11-13-17)24-20-18-8-4-5-9-19(18)22-14-23-20/h1-14H,(H,25,26)(H,22,23,24). The Morgan fingerprint density at radius 3 is 2.23 bits per heavy atom. The molecule has 0 saturated heterocycles. The van der Waals surface area contributed by atoms with Crippen molar-refractivity contribution in [3.63, 3.8) is 0 Å². The van der Waals surface area contributed by atoms with Crippen LogP contribution in [0.15, 0.2) is 85.2 Å². The van der Waals surface area contributed by atoms with Crippen molar-refractivity contribution in [1.29, 1.82) is 0 Å². The Kier molecular flexibility index (Phi) is 4.26. The number of hydrogen-bond donors (Lipinski definition) is 2. The molecule has 126 valence electrons. The van der Waals surface area contributed by atoms with E-state index in [2.05, 4.69) is 20.6 Å². The summed E-state index contributed by atoms with van der Waals surface area (Å²) in [6.45, 7) is 0. The van der Waals surface area contributed by atoms with E-state index in [9.17, 15) is 4.79 Å². The molecule has 1 amide bonds. The van der Waals surface area contributed by atoms with Crippen LogP contribution in [-0.2, 0) is 0 Å². The molecule has 0 aliphatic rings. The van der Waals surface area contributed by atoms with Crippen molar-refractivity contribution in [3.8, 4) is 0 Å². The second-order valence-electron chi connectivity index (χ2n) is 5.76. The maximum absolute atomic E-state index is 12.2. The van der Waals surface area contributed by atoms with E-state index >= 15 is 0 Å². The summed E-state index contributed by atoms with van der Waals surface area (Å²) < 4.78 is 0. The topological polar surface area (TPSA) is 66.9 Å². The van der Waals surface area contributed by atoms with Gasteiger partial charge in [-0.1, -0.05) is 30.3 Å². The molecular weight excluding hydrogens is 324 g/mol. The van der Waals surface area contributed by atoms with E-state index in [0.717, 1.165) is 28.1 Å². The van der Waals surface area contributed by atoms with Crippen molar-refractivity contribution in [2.75, 3.05) is 10.6 Å². The van der Waals surface area contributed by atoms with Crippen LogP contribution in [0.5, 0.6) is 0 Å². The number of carbonyl (C=O) groups excluding carboxylic acids is 1. The molecule has 0 aliphatic carbocycles. The summed E-state index contributed by atoms with van der Waals surface area (Å²) in [6.07, 6.45) is 1.54. The van der Waals surface area contributed by atoms with Crippen molar-refractivity contribution >= 4 is 34.0 Å². The van der Waals surface area contributed by atoms with Crippen LogP contribution in [0.1, 0.15) is 10.4 Å². The van der Waals surface area contributed by atoms with Crippen LogP contribution in [0.4, 0.5) is 17.2 Å². The van der Waals surface area contributed by atoms with Crippen LogP contribution in [0.25, 0.3) is 10.9 Å². The fourth-order valence-electron chi connectivity index (χ4n) is 2.67. The van der Waals surface area contributed by atoms with E-state index in [-0.39, 0.29) is 5.91 Å². The molecule has 4 rings (SSSR count). The quantitative estimate of drug-likeness (QED) is 0.568. The van der Waals surface area contributed by atoms with Gasteiger partial charge >= 0.3 is 0 Å². The van der Waals surface area contributed by atoms with Gasteiger partial charge in [0.05, 0.1) is 5.52 Å². The first-order chi connectivity index (χ1) is 12.8. The Labute approximate surface area is 150 Å². The minimum atomic E-state index is -0.131. The molecule has 5 nitrogen and oxygen atoms in total. The van der Waals surface area contributed by atoms with Crippen LogP contribution in [0.2, 0.25) is 0 Å². The zero-order chi connectivity index (χ0) is 17.8. The van der Waals surface area contributed by atoms with E-state index in [0.29, 0.717) is 5.56 Å². The summed E-state index contributed by atoms with van der Waals surface area (Å²) in [7, 11) is 0. The highest BCUT2D eigenvalue weighted by Crippen LogP contribution is 2.23. The first kappa shape index (κ1) is 15.8. The molecule has 5 heteroatoms. The van der Waals surface area contributed by atoms with Gasteiger partial charge in [0.25, 0.3) is 5.91 Å². The molecule has 2 N–H and O–H groups in total. The van der Waals surface area contributed by atoms with Crippen molar-refractivity contribution < 1.29 is 4.79 Å². The molecule has 0 aliphatic heterocycles. The maximum atomic E-state index is 12.2. The van der Waals surface area contributed by atoms with E-state index in [1.54, 1.807) is 18.5 Å². The fraction of sp³-hybridized carbons (Fsp3) is 0. The number of benzene rings is 3. The highest BCUT2D eigenvalue weighted by atomic mass is 16.1. The number of rotatable bonds is 4. The summed E-state index contributed by atoms with van der Waals surface area (Å²) in [4.78, 5) is 20.8. The Hall–Kier alpha value is -3.73. The number of anilines is 3. The van der Waals surface area contributed by atoms with Gasteiger partial charge in [-0.05, 0) is 48.5 Å². The van der Waals surface area contributed by atoms with Crippen LogP contribution >= 0.6 is 0 Å². The van der Waals surface area contributed by atoms with E-state index in [1.165, 1.54) is 0 Å². The first-order valence-corrected chi connectivity index (χ1v) is 8.23. The second kappa shape index (κ2) is 7.03. The van der Waals surface area contributed by atoms with Crippen molar-refractivity contribution in [2.45, 2.75) is 0 Å². The van der Waals surface area contributed by atoms with Gasteiger partial charge in [-0.2, -0.15) is 0 Å². The van der Waals surface area contributed by atoms with Gasteiger partial charge in [0.15, 0.2) is 0 Å². The van der Waals surface area contributed by atoms with Gasteiger partial charge in [-0.15, -0.1) is 0 Å². The molecule has 3 aromatic carbocycles. The zero-order valence-corrected chi connectivity index (χ0v) is 13.9. The van der Waals surface area contributed by atoms with Gasteiger partial charge in [-0.3, -0.25) is 4.79 Å². The molecule has 0 unspecified atom stereocenters. The Morgan fingerprint density at radius 1 is 0.731 bits per heavy atom. The van der Waals surface area contributed by atoms with Gasteiger partial charge in [0.2, 0.25) is 0 Å². The number of carbonyl (C=O) groups is 1. The molecular formula is C21H16N4O. The molecule has 0 bridgehead atoms. The first-order valence-electron chi connectivity index (χ1n) is 8.23. The molecule has 0 radical (unpaired) electrons. The monoisotopic (exact) mass is 340 g/mol. The summed E-state index contributed by atoms with van der Waals surface area (Å²) in [6, 6.07) is 24.5. The van der Waals surface area contributed by atoms with Crippen molar-refractivity contribution in [3.05, 3.63) is 90.8 Å². The second-order valence-corrected chi connectivity index (χ2v) is 5.76. The van der Waals surface area contributed by atoms with Gasteiger partial charge in [0.1, 0.15) is 12.1 Å². The summed E-state index contributed by atoms with van der Waals surface area (Å²) in [5.41, 5.74) is 3.13. The van der Waals surface area contributed by atoms with Crippen LogP contribution in [0.3, 0.4) is 0 Å². The number of amides is 1. The molecule has 0 saturated carbocycles. The van der Waals surface area contributed by atoms with Gasteiger partial charge in [-0.25, -0.2) is 9.97 Å². The predicted octanol–water partition coefficient (Wildman–Crippen LogP) is 4.63. The van der Waals surface area contributed by atoms with E-state index in [1.807, 2.05) is 66.7 Å². The van der Waals surface area contributed by atoms with Gasteiger partial charge < -0.3 is 10.6 Å². The molecule has 0 spiro atoms. The number of nitrogens with one attached hydrogen (secondary N) is 2. The number of fused-ring (bicyclic) bond motifs is 1. The Morgan fingerprint density at radius 2 is 1.42 bits per heavy atom. The minimum absolute atomic E-state index is 0.131. The summed E-state index contributed by atoms with van der Waals surface area (Å²) in [5, 5.41) is 7.14. The normalized spacial score (nSPS) is 10.5. The average molecular weight is 340 g/mol. The molecule has 1 aromatic heterocycles. The number of aromatic nitrogens is 2. The Bertz CT molecular complexity index is 1040. The average Bonchev–Trinajstić information content (AvgIpc) is 2.70. The Balaban J connectivity index is 1.50. The molecule has 0 atom stereocenters. The number of hydrogen-bond acceptors (Lipinski definition) is 4. The minimum Gasteiger partial charge on any atom is -0.340 e. The van der Waals surface area contributed by atoms with E-state index < -0.39 is 0 Å². The van der Waals surface area contributed by atoms with E-state index in [4.69, 9.17) is 0 Å². The SMILES string of the molecule is O=C(Nc1ccc(Nc2ncnc3ccccc23)cc1)c1ccccc1. The third kappa shape index (κ3) is 3.37. The number of nitrogens with zero attached hydrogens (tertiary/aromatic N) is 2. The van der Waals surface area contributed by atoms with Gasteiger partial charge in [0, 0.05) is 22.3 Å². The molecule has 1 heterocycles. The van der Waals surface area contributed by atoms with Crippen molar-refractivity contribution in [2.24, 2.45) is 0 Å². The van der Waals surface area contributed by atoms with Crippen LogP contribution in [0, 0.1) is 0 Å². The highest BCUT2D eigenvalue weighted by Gasteiger charge is 2.06. The molecule has 26 heavy (non-hydrogen) atoms. The molecule has 0 fully saturated rings. The largest absolute Gasteiger partial charge is 0.340 e. The lowest BCUT2D eigenvalue weighted by Gasteiger charge is -2.10. The smallest absolute Gasteiger partial charge is 0.255 e.